The molecule has 4 unspecified atom stereocenters. The summed E-state index contributed by atoms with van der Waals surface area (Å²) < 4.78 is 5.61. The minimum atomic E-state index is -1.08. The zero-order chi connectivity index (χ0) is 30.4. The lowest BCUT2D eigenvalue weighted by molar-refractivity contribution is -0.122. The van der Waals surface area contributed by atoms with Crippen molar-refractivity contribution in [1.82, 2.24) is 4.98 Å². The number of imide groups is 1. The van der Waals surface area contributed by atoms with Gasteiger partial charge in [0.1, 0.15) is 0 Å². The standard InChI is InChI=1S/C34H26Cl2N2O5/c1-18-5-3-8-25-30(18)33(41)38(32(25)40)24-12-9-20(10-13-24)29-17-27(26-16-23(36)11-14-28(26)37-29)34(42)43-19(2)31(39)21-6-4-7-22(35)15-21/h3-7,9-19,25,30H,8H2,1-2H3. The van der Waals surface area contributed by atoms with Gasteiger partial charge < -0.3 is 4.74 Å². The number of allylic oxidation sites excluding steroid dienone is 2. The summed E-state index contributed by atoms with van der Waals surface area (Å²) in [5, 5.41) is 1.28. The summed E-state index contributed by atoms with van der Waals surface area (Å²) in [5.41, 5.74) is 2.63. The summed E-state index contributed by atoms with van der Waals surface area (Å²) in [5.74, 6) is -2.18. The van der Waals surface area contributed by atoms with Gasteiger partial charge in [0, 0.05) is 26.6 Å². The molecule has 0 radical (unpaired) electrons. The van der Waals surface area contributed by atoms with E-state index < -0.39 is 12.1 Å². The van der Waals surface area contributed by atoms with E-state index in [0.717, 1.165) is 0 Å². The lowest BCUT2D eigenvalue weighted by Crippen LogP contribution is -2.31. The van der Waals surface area contributed by atoms with Crippen LogP contribution in [0.3, 0.4) is 0 Å². The van der Waals surface area contributed by atoms with Crippen LogP contribution in [-0.2, 0) is 14.3 Å². The van der Waals surface area contributed by atoms with Crippen molar-refractivity contribution in [3.05, 3.63) is 106 Å². The highest BCUT2D eigenvalue weighted by molar-refractivity contribution is 6.31. The molecule has 4 aromatic rings. The summed E-state index contributed by atoms with van der Waals surface area (Å²) in [6, 6.07) is 19.9. The van der Waals surface area contributed by atoms with Crippen molar-refractivity contribution in [3.63, 3.8) is 0 Å². The minimum absolute atomic E-state index is 0.00328. The van der Waals surface area contributed by atoms with E-state index in [4.69, 9.17) is 32.9 Å². The van der Waals surface area contributed by atoms with Gasteiger partial charge in [-0.25, -0.2) is 9.78 Å². The van der Waals surface area contributed by atoms with Crippen LogP contribution in [0.5, 0.6) is 0 Å². The zero-order valence-corrected chi connectivity index (χ0v) is 24.8. The summed E-state index contributed by atoms with van der Waals surface area (Å²) in [7, 11) is 0. The van der Waals surface area contributed by atoms with Crippen LogP contribution in [-0.4, -0.2) is 34.7 Å². The Labute approximate surface area is 258 Å². The number of aromatic nitrogens is 1. The van der Waals surface area contributed by atoms with Gasteiger partial charge in [0.25, 0.3) is 0 Å². The largest absolute Gasteiger partial charge is 0.451 e. The summed E-state index contributed by atoms with van der Waals surface area (Å²) >= 11 is 12.3. The number of rotatable bonds is 6. The number of nitrogens with zero attached hydrogens (tertiary/aromatic N) is 2. The number of Topliss-reactive ketones (excluding diaryl/α,β-unsaturated/α-hetero) is 1. The molecule has 2 heterocycles. The van der Waals surface area contributed by atoms with Crippen molar-refractivity contribution in [3.8, 4) is 11.3 Å². The predicted molar refractivity (Wildman–Crippen MR) is 165 cm³/mol. The van der Waals surface area contributed by atoms with Crippen LogP contribution in [0, 0.1) is 17.8 Å². The Morgan fingerprint density at radius 1 is 0.953 bits per heavy atom. The highest BCUT2D eigenvalue weighted by Crippen LogP contribution is 2.41. The Hall–Kier alpha value is -4.33. The van der Waals surface area contributed by atoms with E-state index >= 15 is 0 Å². The lowest BCUT2D eigenvalue weighted by atomic mass is 9.78. The molecule has 2 amide bonds. The number of anilines is 1. The lowest BCUT2D eigenvalue weighted by Gasteiger charge is -2.22. The van der Waals surface area contributed by atoms with Gasteiger partial charge in [-0.15, -0.1) is 0 Å². The molecule has 3 aromatic carbocycles. The second-order valence-electron chi connectivity index (χ2n) is 10.9. The number of ether oxygens (including phenoxy) is 1. The maximum atomic E-state index is 13.5. The maximum absolute atomic E-state index is 13.5. The molecule has 0 saturated carbocycles. The molecule has 6 rings (SSSR count). The number of fused-ring (bicyclic) bond motifs is 2. The normalized spacial score (nSPS) is 20.3. The SMILES string of the molecule is CC(OC(=O)c1cc(-c2ccc(N3C(=O)C4CC=CC(C)C4C3=O)cc2)nc2ccc(Cl)cc12)C(=O)c1cccc(Cl)c1. The van der Waals surface area contributed by atoms with Crippen molar-refractivity contribution in [1.29, 1.82) is 0 Å². The topological polar surface area (TPSA) is 93.6 Å². The van der Waals surface area contributed by atoms with Crippen molar-refractivity contribution >= 4 is 63.4 Å². The van der Waals surface area contributed by atoms with Crippen LogP contribution in [0.4, 0.5) is 5.69 Å². The molecule has 1 aromatic heterocycles. The summed E-state index contributed by atoms with van der Waals surface area (Å²) in [6.07, 6.45) is 3.45. The number of amides is 2. The molecule has 0 bridgehead atoms. The van der Waals surface area contributed by atoms with Crippen LogP contribution in [0.1, 0.15) is 41.0 Å². The number of ketones is 1. The minimum Gasteiger partial charge on any atom is -0.451 e. The first kappa shape index (κ1) is 28.8. The number of pyridine rings is 1. The molecule has 1 aliphatic heterocycles. The van der Waals surface area contributed by atoms with Crippen LogP contribution < -0.4 is 4.90 Å². The number of hydrogen-bond donors (Lipinski definition) is 0. The molecular formula is C34H26Cl2N2O5. The fourth-order valence-electron chi connectivity index (χ4n) is 5.85. The van der Waals surface area contributed by atoms with Crippen molar-refractivity contribution in [2.75, 3.05) is 4.90 Å². The van der Waals surface area contributed by atoms with Gasteiger partial charge in [-0.1, -0.05) is 66.5 Å². The molecule has 2 aliphatic rings. The number of hydrogen-bond acceptors (Lipinski definition) is 6. The zero-order valence-electron chi connectivity index (χ0n) is 23.3. The molecule has 216 valence electrons. The fraction of sp³-hybridized carbons (Fsp3) is 0.206. The van der Waals surface area contributed by atoms with Gasteiger partial charge in [0.2, 0.25) is 17.6 Å². The first-order valence-electron chi connectivity index (χ1n) is 13.9. The average molecular weight is 613 g/mol. The molecule has 1 saturated heterocycles. The number of halogens is 2. The first-order valence-corrected chi connectivity index (χ1v) is 14.6. The van der Waals surface area contributed by atoms with E-state index in [2.05, 4.69) is 0 Å². The molecule has 43 heavy (non-hydrogen) atoms. The fourth-order valence-corrected chi connectivity index (χ4v) is 6.21. The van der Waals surface area contributed by atoms with Crippen LogP contribution in [0.2, 0.25) is 10.0 Å². The van der Waals surface area contributed by atoms with Gasteiger partial charge in [-0.3, -0.25) is 19.3 Å². The third-order valence-corrected chi connectivity index (χ3v) is 8.52. The van der Waals surface area contributed by atoms with Gasteiger partial charge >= 0.3 is 5.97 Å². The van der Waals surface area contributed by atoms with E-state index in [-0.39, 0.29) is 40.9 Å². The average Bonchev–Trinajstić information content (AvgIpc) is 3.26. The summed E-state index contributed by atoms with van der Waals surface area (Å²) in [4.78, 5) is 58.8. The van der Waals surface area contributed by atoms with Crippen molar-refractivity contribution in [2.45, 2.75) is 26.4 Å². The molecule has 0 N–H and O–H groups in total. The van der Waals surface area contributed by atoms with E-state index in [1.807, 2.05) is 19.1 Å². The second kappa shape index (κ2) is 11.4. The highest BCUT2D eigenvalue weighted by Gasteiger charge is 2.50. The van der Waals surface area contributed by atoms with E-state index in [9.17, 15) is 19.2 Å². The Balaban J connectivity index is 1.30. The van der Waals surface area contributed by atoms with Crippen LogP contribution in [0.15, 0.2) is 84.9 Å². The highest BCUT2D eigenvalue weighted by atomic mass is 35.5. The van der Waals surface area contributed by atoms with E-state index in [0.29, 0.717) is 49.9 Å². The molecule has 9 heteroatoms. The smallest absolute Gasteiger partial charge is 0.339 e. The number of carbonyl (C=O) groups is 4. The Kier molecular flexibility index (Phi) is 7.63. The predicted octanol–water partition coefficient (Wildman–Crippen LogP) is 7.34. The first-order chi connectivity index (χ1) is 20.6. The molecule has 1 fully saturated rings. The Bertz CT molecular complexity index is 1830. The number of benzene rings is 3. The van der Waals surface area contributed by atoms with Gasteiger partial charge in [0.15, 0.2) is 6.10 Å². The van der Waals surface area contributed by atoms with Crippen LogP contribution >= 0.6 is 23.2 Å². The second-order valence-corrected chi connectivity index (χ2v) is 11.7. The van der Waals surface area contributed by atoms with Crippen LogP contribution in [0.25, 0.3) is 22.2 Å². The third kappa shape index (κ3) is 5.35. The maximum Gasteiger partial charge on any atom is 0.339 e. The molecular weight excluding hydrogens is 587 g/mol. The van der Waals surface area contributed by atoms with E-state index in [1.165, 1.54) is 17.9 Å². The Morgan fingerprint density at radius 3 is 2.42 bits per heavy atom. The quantitative estimate of drug-likeness (QED) is 0.0978. The van der Waals surface area contributed by atoms with Gasteiger partial charge in [-0.05, 0) is 67.8 Å². The monoisotopic (exact) mass is 612 g/mol. The molecule has 7 nitrogen and oxygen atoms in total. The van der Waals surface area contributed by atoms with Crippen molar-refractivity contribution < 1.29 is 23.9 Å². The Morgan fingerprint density at radius 2 is 1.70 bits per heavy atom. The number of carbonyl (C=O) groups excluding carboxylic acids is 4. The molecule has 4 atom stereocenters. The van der Waals surface area contributed by atoms with Gasteiger partial charge in [-0.2, -0.15) is 0 Å². The third-order valence-electron chi connectivity index (χ3n) is 8.05. The molecule has 0 spiro atoms. The van der Waals surface area contributed by atoms with E-state index in [1.54, 1.807) is 66.7 Å². The summed E-state index contributed by atoms with van der Waals surface area (Å²) in [6.45, 7) is 3.46. The molecule has 1 aliphatic carbocycles. The van der Waals surface area contributed by atoms with Crippen molar-refractivity contribution in [2.24, 2.45) is 17.8 Å². The number of esters is 1. The van der Waals surface area contributed by atoms with Gasteiger partial charge in [0.05, 0.1) is 34.3 Å².